The number of rotatable bonds is 4. The van der Waals surface area contributed by atoms with E-state index in [1.165, 1.54) is 30.3 Å². The maximum Gasteiger partial charge on any atom is 0.336 e. The Morgan fingerprint density at radius 2 is 1.75 bits per heavy atom. The van der Waals surface area contributed by atoms with Crippen LogP contribution in [0.15, 0.2) is 72.8 Å². The van der Waals surface area contributed by atoms with Gasteiger partial charge >= 0.3 is 5.97 Å². The average molecular weight is 319 g/mol. The summed E-state index contributed by atoms with van der Waals surface area (Å²) < 4.78 is 5.11. The molecule has 0 saturated carbocycles. The predicted octanol–water partition coefficient (Wildman–Crippen LogP) is 4.37. The van der Waals surface area contributed by atoms with Crippen LogP contribution in [-0.2, 0) is 4.79 Å². The van der Waals surface area contributed by atoms with Gasteiger partial charge in [0.25, 0.3) is 5.69 Å². The summed E-state index contributed by atoms with van der Waals surface area (Å²) in [4.78, 5) is 22.1. The molecule has 118 valence electrons. The van der Waals surface area contributed by atoms with E-state index >= 15 is 0 Å². The van der Waals surface area contributed by atoms with Crippen molar-refractivity contribution < 1.29 is 14.5 Å². The lowest BCUT2D eigenvalue weighted by atomic mass is 10.0. The van der Waals surface area contributed by atoms with Crippen molar-refractivity contribution in [2.75, 3.05) is 0 Å². The maximum absolute atomic E-state index is 11.9. The molecule has 0 amide bonds. The van der Waals surface area contributed by atoms with Crippen molar-refractivity contribution in [3.8, 4) is 5.75 Å². The fourth-order valence-corrected chi connectivity index (χ4v) is 2.36. The Morgan fingerprint density at radius 1 is 1.00 bits per heavy atom. The molecular weight excluding hydrogens is 306 g/mol. The van der Waals surface area contributed by atoms with E-state index in [0.29, 0.717) is 0 Å². The minimum Gasteiger partial charge on any atom is -0.423 e. The molecule has 5 nitrogen and oxygen atoms in total. The fourth-order valence-electron chi connectivity index (χ4n) is 2.36. The van der Waals surface area contributed by atoms with Crippen LogP contribution in [0.4, 0.5) is 5.69 Å². The molecule has 0 aliphatic rings. The Balaban J connectivity index is 1.78. The number of carbonyl (C=O) groups excluding carboxylic acids is 1. The minimum absolute atomic E-state index is 0.127. The first-order chi connectivity index (χ1) is 11.6. The van der Waals surface area contributed by atoms with Crippen LogP contribution in [0.2, 0.25) is 0 Å². The van der Waals surface area contributed by atoms with Crippen molar-refractivity contribution >= 4 is 28.5 Å². The number of nitro groups is 1. The van der Waals surface area contributed by atoms with Crippen LogP contribution >= 0.6 is 0 Å². The van der Waals surface area contributed by atoms with Gasteiger partial charge in [0.15, 0.2) is 0 Å². The number of benzene rings is 3. The molecule has 0 spiro atoms. The van der Waals surface area contributed by atoms with Crippen LogP contribution in [0.25, 0.3) is 16.8 Å². The van der Waals surface area contributed by atoms with Crippen LogP contribution in [0.5, 0.6) is 5.75 Å². The van der Waals surface area contributed by atoms with Gasteiger partial charge in [0.05, 0.1) is 11.0 Å². The van der Waals surface area contributed by atoms with Crippen LogP contribution in [0, 0.1) is 10.1 Å². The first-order valence-electron chi connectivity index (χ1n) is 7.25. The number of non-ortho nitro benzene ring substituents is 1. The van der Waals surface area contributed by atoms with Crippen LogP contribution < -0.4 is 4.74 Å². The van der Waals surface area contributed by atoms with Gasteiger partial charge in [0.2, 0.25) is 0 Å². The number of carbonyl (C=O) groups is 1. The van der Waals surface area contributed by atoms with Gasteiger partial charge in [-0.2, -0.15) is 0 Å². The Bertz CT molecular complexity index is 942. The second-order valence-electron chi connectivity index (χ2n) is 5.08. The van der Waals surface area contributed by atoms with Gasteiger partial charge in [0.1, 0.15) is 5.75 Å². The molecule has 0 aromatic heterocycles. The lowest BCUT2D eigenvalue weighted by Crippen LogP contribution is -2.03. The standard InChI is InChI=1S/C19H13NO4/c21-19(24-17-9-4-8-16(13-17)20(22)23)12-11-15-7-3-6-14-5-1-2-10-18(14)15/h1-13H. The van der Waals surface area contributed by atoms with Crippen LogP contribution in [-0.4, -0.2) is 10.9 Å². The maximum atomic E-state index is 11.9. The Labute approximate surface area is 138 Å². The van der Waals surface area contributed by atoms with Crippen molar-refractivity contribution in [1.82, 2.24) is 0 Å². The zero-order valence-corrected chi connectivity index (χ0v) is 12.6. The SMILES string of the molecule is O=C(C=Cc1cccc2ccccc12)Oc1cccc([N+](=O)[O-])c1. The number of hydrogen-bond acceptors (Lipinski definition) is 4. The molecule has 3 aromatic carbocycles. The molecule has 24 heavy (non-hydrogen) atoms. The monoisotopic (exact) mass is 319 g/mol. The third-order valence-corrected chi connectivity index (χ3v) is 3.47. The third-order valence-electron chi connectivity index (χ3n) is 3.47. The molecule has 0 atom stereocenters. The lowest BCUT2D eigenvalue weighted by molar-refractivity contribution is -0.384. The summed E-state index contributed by atoms with van der Waals surface area (Å²) in [6.45, 7) is 0. The molecule has 0 unspecified atom stereocenters. The molecule has 0 heterocycles. The van der Waals surface area contributed by atoms with E-state index in [9.17, 15) is 14.9 Å². The highest BCUT2D eigenvalue weighted by Gasteiger charge is 2.08. The van der Waals surface area contributed by atoms with Crippen molar-refractivity contribution in [2.45, 2.75) is 0 Å². The second-order valence-corrected chi connectivity index (χ2v) is 5.08. The van der Waals surface area contributed by atoms with Gasteiger partial charge < -0.3 is 4.74 Å². The fraction of sp³-hybridized carbons (Fsp3) is 0. The highest BCUT2D eigenvalue weighted by Crippen LogP contribution is 2.21. The highest BCUT2D eigenvalue weighted by atomic mass is 16.6. The van der Waals surface area contributed by atoms with E-state index in [-0.39, 0.29) is 11.4 Å². The number of esters is 1. The molecule has 0 fully saturated rings. The summed E-state index contributed by atoms with van der Waals surface area (Å²) in [6.07, 6.45) is 2.97. The normalized spacial score (nSPS) is 10.8. The van der Waals surface area contributed by atoms with Crippen molar-refractivity contribution in [2.24, 2.45) is 0 Å². The van der Waals surface area contributed by atoms with E-state index in [1.54, 1.807) is 6.08 Å². The largest absolute Gasteiger partial charge is 0.423 e. The molecule has 0 radical (unpaired) electrons. The summed E-state index contributed by atoms with van der Waals surface area (Å²) in [5.41, 5.74) is 0.766. The van der Waals surface area contributed by atoms with E-state index in [1.807, 2.05) is 42.5 Å². The molecule has 3 rings (SSSR count). The lowest BCUT2D eigenvalue weighted by Gasteiger charge is -2.02. The van der Waals surface area contributed by atoms with Crippen molar-refractivity contribution in [3.05, 3.63) is 88.5 Å². The molecule has 0 saturated heterocycles. The predicted molar refractivity (Wildman–Crippen MR) is 91.7 cm³/mol. The molecular formula is C19H13NO4. The van der Waals surface area contributed by atoms with Crippen LogP contribution in [0.3, 0.4) is 0 Å². The first kappa shape index (κ1) is 15.4. The van der Waals surface area contributed by atoms with Gasteiger partial charge in [-0.25, -0.2) is 4.79 Å². The third kappa shape index (κ3) is 3.47. The van der Waals surface area contributed by atoms with Gasteiger partial charge in [-0.1, -0.05) is 48.5 Å². The summed E-state index contributed by atoms with van der Waals surface area (Å²) in [6, 6.07) is 19.2. The number of nitrogens with zero attached hydrogens (tertiary/aromatic N) is 1. The molecule has 0 aliphatic carbocycles. The molecule has 0 aliphatic heterocycles. The van der Waals surface area contributed by atoms with Gasteiger partial charge in [0, 0.05) is 12.1 Å². The number of nitro benzene ring substituents is 1. The summed E-state index contributed by atoms with van der Waals surface area (Å²) in [7, 11) is 0. The zero-order valence-electron chi connectivity index (χ0n) is 12.6. The van der Waals surface area contributed by atoms with Crippen LogP contribution in [0.1, 0.15) is 5.56 Å². The quantitative estimate of drug-likeness (QED) is 0.235. The topological polar surface area (TPSA) is 69.4 Å². The number of ether oxygens (including phenoxy) is 1. The second kappa shape index (κ2) is 6.75. The summed E-state index contributed by atoms with van der Waals surface area (Å²) in [5.74, 6) is -0.458. The van der Waals surface area contributed by atoms with Crippen molar-refractivity contribution in [3.63, 3.8) is 0 Å². The highest BCUT2D eigenvalue weighted by molar-refractivity contribution is 5.95. The number of fused-ring (bicyclic) bond motifs is 1. The van der Waals surface area contributed by atoms with Crippen molar-refractivity contribution in [1.29, 1.82) is 0 Å². The molecule has 5 heteroatoms. The Hall–Kier alpha value is -3.47. The summed E-state index contributed by atoms with van der Waals surface area (Å²) in [5, 5.41) is 12.8. The Morgan fingerprint density at radius 3 is 2.58 bits per heavy atom. The average Bonchev–Trinajstić information content (AvgIpc) is 2.60. The first-order valence-corrected chi connectivity index (χ1v) is 7.25. The van der Waals surface area contributed by atoms with E-state index in [2.05, 4.69) is 0 Å². The minimum atomic E-state index is -0.594. The number of hydrogen-bond donors (Lipinski definition) is 0. The molecule has 3 aromatic rings. The smallest absolute Gasteiger partial charge is 0.336 e. The Kier molecular flexibility index (Phi) is 4.34. The van der Waals surface area contributed by atoms with Gasteiger partial charge in [-0.05, 0) is 28.5 Å². The zero-order chi connectivity index (χ0) is 16.9. The summed E-state index contributed by atoms with van der Waals surface area (Å²) >= 11 is 0. The molecule has 0 N–H and O–H groups in total. The molecule has 0 bridgehead atoms. The van der Waals surface area contributed by atoms with E-state index in [0.717, 1.165) is 16.3 Å². The van der Waals surface area contributed by atoms with Gasteiger partial charge in [-0.15, -0.1) is 0 Å². The van der Waals surface area contributed by atoms with Gasteiger partial charge in [-0.3, -0.25) is 10.1 Å². The van der Waals surface area contributed by atoms with E-state index in [4.69, 9.17) is 4.74 Å². The van der Waals surface area contributed by atoms with E-state index < -0.39 is 10.9 Å².